The molecular weight excluding hydrogens is 308 g/mol. The van der Waals surface area contributed by atoms with Crippen LogP contribution in [0.5, 0.6) is 0 Å². The minimum atomic E-state index is -0.263. The van der Waals surface area contributed by atoms with E-state index >= 15 is 0 Å². The number of benzene rings is 1. The van der Waals surface area contributed by atoms with E-state index in [4.69, 9.17) is 4.84 Å². The smallest absolute Gasteiger partial charge is 0.355 e. The summed E-state index contributed by atoms with van der Waals surface area (Å²) in [5.41, 5.74) is 1.84. The highest BCUT2D eigenvalue weighted by Crippen LogP contribution is 2.42. The lowest BCUT2D eigenvalue weighted by molar-refractivity contribution is -0.120. The van der Waals surface area contributed by atoms with Crippen LogP contribution in [0.25, 0.3) is 0 Å². The minimum Gasteiger partial charge on any atom is -0.355 e. The molecule has 3 amide bonds. The normalized spacial score (nSPS) is 18.6. The Morgan fingerprint density at radius 2 is 2.25 bits per heavy atom. The number of hydrazine groups is 1. The molecule has 3 rings (SSSR count). The van der Waals surface area contributed by atoms with Gasteiger partial charge in [-0.2, -0.15) is 5.06 Å². The highest BCUT2D eigenvalue weighted by molar-refractivity contribution is 5.87. The number of hydrogen-bond donors (Lipinski definition) is 1. The van der Waals surface area contributed by atoms with Gasteiger partial charge in [0.15, 0.2) is 0 Å². The van der Waals surface area contributed by atoms with Crippen molar-refractivity contribution in [2.45, 2.75) is 19.4 Å². The maximum atomic E-state index is 12.7. The van der Waals surface area contributed by atoms with E-state index in [0.29, 0.717) is 13.1 Å². The Morgan fingerprint density at radius 3 is 3.00 bits per heavy atom. The van der Waals surface area contributed by atoms with Crippen LogP contribution in [0, 0.1) is 0 Å². The fourth-order valence-corrected chi connectivity index (χ4v) is 3.03. The minimum absolute atomic E-state index is 0.102. The Labute approximate surface area is 141 Å². The summed E-state index contributed by atoms with van der Waals surface area (Å²) in [6.45, 7) is 7.07. The predicted octanol–water partition coefficient (Wildman–Crippen LogP) is 1.84. The zero-order valence-electron chi connectivity index (χ0n) is 13.8. The Bertz CT molecular complexity index is 648. The average Bonchev–Trinajstić information content (AvgIpc) is 2.88. The van der Waals surface area contributed by atoms with Crippen LogP contribution < -0.4 is 10.3 Å². The second-order valence-corrected chi connectivity index (χ2v) is 5.76. The molecular formula is C17H22N4O3. The first-order valence-corrected chi connectivity index (χ1v) is 8.15. The van der Waals surface area contributed by atoms with Crippen molar-refractivity contribution in [3.63, 3.8) is 0 Å². The topological polar surface area (TPSA) is 65.1 Å². The Balaban J connectivity index is 1.87. The molecule has 1 aromatic carbocycles. The van der Waals surface area contributed by atoms with Gasteiger partial charge in [-0.15, -0.1) is 6.58 Å². The van der Waals surface area contributed by atoms with Gasteiger partial charge in [0.25, 0.3) is 0 Å². The molecule has 128 valence electrons. The van der Waals surface area contributed by atoms with Crippen molar-refractivity contribution in [2.75, 3.05) is 31.3 Å². The summed E-state index contributed by atoms with van der Waals surface area (Å²) in [4.78, 5) is 30.4. The number of urea groups is 1. The van der Waals surface area contributed by atoms with E-state index in [0.717, 1.165) is 17.7 Å². The first-order valence-electron chi connectivity index (χ1n) is 8.15. The number of hydroxylamine groups is 2. The van der Waals surface area contributed by atoms with Crippen LogP contribution in [-0.4, -0.2) is 48.3 Å². The third kappa shape index (κ3) is 2.82. The van der Waals surface area contributed by atoms with Gasteiger partial charge in [-0.25, -0.2) is 9.80 Å². The Kier molecular flexibility index (Phi) is 4.71. The fourth-order valence-electron chi connectivity index (χ4n) is 3.03. The lowest BCUT2D eigenvalue weighted by Gasteiger charge is -2.36. The second-order valence-electron chi connectivity index (χ2n) is 5.76. The van der Waals surface area contributed by atoms with E-state index in [9.17, 15) is 9.59 Å². The number of nitrogens with zero attached hydrogens (tertiary/aromatic N) is 3. The molecule has 2 aliphatic heterocycles. The zero-order valence-corrected chi connectivity index (χ0v) is 13.8. The van der Waals surface area contributed by atoms with Crippen LogP contribution in [0.2, 0.25) is 0 Å². The number of fused-ring (bicyclic) bond motifs is 4. The largest absolute Gasteiger partial charge is 0.363 e. The van der Waals surface area contributed by atoms with Gasteiger partial charge in [-0.05, 0) is 12.5 Å². The van der Waals surface area contributed by atoms with Crippen molar-refractivity contribution >= 4 is 17.6 Å². The molecule has 1 unspecified atom stereocenters. The summed E-state index contributed by atoms with van der Waals surface area (Å²) < 4.78 is 0. The number of anilines is 1. The number of carbonyl (C=O) groups excluding carboxylic acids is 2. The molecule has 1 atom stereocenters. The van der Waals surface area contributed by atoms with Gasteiger partial charge >= 0.3 is 6.03 Å². The Hall–Kier alpha value is -2.54. The Morgan fingerprint density at radius 1 is 1.46 bits per heavy atom. The molecule has 1 saturated heterocycles. The summed E-state index contributed by atoms with van der Waals surface area (Å²) in [7, 11) is 0. The van der Waals surface area contributed by atoms with Gasteiger partial charge in [-0.3, -0.25) is 14.6 Å². The molecule has 2 heterocycles. The van der Waals surface area contributed by atoms with Crippen molar-refractivity contribution in [3.8, 4) is 0 Å². The van der Waals surface area contributed by atoms with E-state index in [1.807, 2.05) is 31.2 Å². The van der Waals surface area contributed by atoms with Crippen LogP contribution in [0.15, 0.2) is 36.9 Å². The summed E-state index contributed by atoms with van der Waals surface area (Å²) in [6.07, 6.45) is 2.48. The second kappa shape index (κ2) is 6.92. The molecule has 1 N–H and O–H groups in total. The van der Waals surface area contributed by atoms with E-state index in [-0.39, 0.29) is 31.1 Å². The SMILES string of the molecule is C=CCON1C(=O)N2CC1c1ccccc1N2CC(=O)NCCC. The highest BCUT2D eigenvalue weighted by Gasteiger charge is 2.48. The van der Waals surface area contributed by atoms with Crippen molar-refractivity contribution < 1.29 is 14.4 Å². The maximum Gasteiger partial charge on any atom is 0.363 e. The lowest BCUT2D eigenvalue weighted by atomic mass is 10.0. The van der Waals surface area contributed by atoms with Crippen molar-refractivity contribution in [1.29, 1.82) is 0 Å². The summed E-state index contributed by atoms with van der Waals surface area (Å²) in [5.74, 6) is -0.108. The van der Waals surface area contributed by atoms with Gasteiger partial charge in [0, 0.05) is 12.1 Å². The summed E-state index contributed by atoms with van der Waals surface area (Å²) >= 11 is 0. The standard InChI is InChI=1S/C17H22N4O3/c1-3-9-18-16(22)12-19-14-8-6-5-7-13(14)15-11-20(19)17(23)21(15)24-10-4-2/h4-8,15H,2-3,9-12H2,1H3,(H,18,22). The number of hydrogen-bond acceptors (Lipinski definition) is 4. The van der Waals surface area contributed by atoms with Crippen LogP contribution in [0.1, 0.15) is 24.9 Å². The molecule has 0 aliphatic carbocycles. The van der Waals surface area contributed by atoms with E-state index in [1.54, 1.807) is 16.1 Å². The highest BCUT2D eigenvalue weighted by atomic mass is 16.7. The predicted molar refractivity (Wildman–Crippen MR) is 89.9 cm³/mol. The van der Waals surface area contributed by atoms with Gasteiger partial charge in [-0.1, -0.05) is 31.2 Å². The van der Waals surface area contributed by atoms with Gasteiger partial charge in [0.1, 0.15) is 12.6 Å². The average molecular weight is 330 g/mol. The molecule has 0 saturated carbocycles. The number of para-hydroxylation sites is 1. The van der Waals surface area contributed by atoms with Crippen molar-refractivity contribution in [3.05, 3.63) is 42.5 Å². The first-order chi connectivity index (χ1) is 11.7. The number of amides is 3. The van der Waals surface area contributed by atoms with Crippen LogP contribution >= 0.6 is 0 Å². The third-order valence-corrected chi connectivity index (χ3v) is 4.10. The number of nitrogens with one attached hydrogen (secondary N) is 1. The van der Waals surface area contributed by atoms with Crippen molar-refractivity contribution in [1.82, 2.24) is 15.4 Å². The van der Waals surface area contributed by atoms with E-state index in [2.05, 4.69) is 11.9 Å². The molecule has 0 radical (unpaired) electrons. The van der Waals surface area contributed by atoms with E-state index in [1.165, 1.54) is 5.06 Å². The molecule has 2 aliphatic rings. The molecule has 1 aromatic rings. The summed E-state index contributed by atoms with van der Waals surface area (Å²) in [5, 5.41) is 7.54. The van der Waals surface area contributed by atoms with Gasteiger partial charge in [0.05, 0.1) is 18.8 Å². The molecule has 0 aromatic heterocycles. The van der Waals surface area contributed by atoms with E-state index < -0.39 is 0 Å². The van der Waals surface area contributed by atoms with Crippen molar-refractivity contribution in [2.24, 2.45) is 0 Å². The molecule has 2 bridgehead atoms. The molecule has 0 spiro atoms. The molecule has 7 nitrogen and oxygen atoms in total. The monoisotopic (exact) mass is 330 g/mol. The lowest BCUT2D eigenvalue weighted by Crippen LogP contribution is -2.50. The number of rotatable bonds is 7. The third-order valence-electron chi connectivity index (χ3n) is 4.10. The van der Waals surface area contributed by atoms with Crippen LogP contribution in [-0.2, 0) is 9.63 Å². The number of carbonyl (C=O) groups is 2. The molecule has 1 fully saturated rings. The molecule has 7 heteroatoms. The van der Waals surface area contributed by atoms with Crippen LogP contribution in [0.4, 0.5) is 10.5 Å². The first kappa shape index (κ1) is 16.3. The fraction of sp³-hybridized carbons (Fsp3) is 0.412. The zero-order chi connectivity index (χ0) is 17.1. The van der Waals surface area contributed by atoms with Gasteiger partial charge < -0.3 is 5.32 Å². The van der Waals surface area contributed by atoms with Gasteiger partial charge in [0.2, 0.25) is 5.91 Å². The quantitative estimate of drug-likeness (QED) is 0.775. The van der Waals surface area contributed by atoms with Crippen LogP contribution in [0.3, 0.4) is 0 Å². The summed E-state index contributed by atoms with van der Waals surface area (Å²) in [6, 6.07) is 7.28. The molecule has 24 heavy (non-hydrogen) atoms. The maximum absolute atomic E-state index is 12.7.